The highest BCUT2D eigenvalue weighted by atomic mass is 16.3. The van der Waals surface area contributed by atoms with E-state index in [9.17, 15) is 0 Å². The Morgan fingerprint density at radius 3 is 2.35 bits per heavy atom. The van der Waals surface area contributed by atoms with Crippen LogP contribution in [-0.2, 0) is 11.2 Å². The van der Waals surface area contributed by atoms with E-state index in [2.05, 4.69) is 24.0 Å². The summed E-state index contributed by atoms with van der Waals surface area (Å²) in [7, 11) is 1.00. The van der Waals surface area contributed by atoms with Gasteiger partial charge in [-0.1, -0.05) is 26.8 Å². The highest BCUT2D eigenvalue weighted by Gasteiger charge is 2.21. The first kappa shape index (κ1) is 21.8. The molecule has 2 aromatic heterocycles. The molecule has 2 aliphatic rings. The molecule has 0 aromatic carbocycles. The molecule has 6 nitrogen and oxygen atoms in total. The lowest BCUT2D eigenvalue weighted by Gasteiger charge is -2.16. The summed E-state index contributed by atoms with van der Waals surface area (Å²) in [4.78, 5) is 19.8. The summed E-state index contributed by atoms with van der Waals surface area (Å²) in [5, 5.41) is 8.17. The largest absolute Gasteiger partial charge is 0.451 e. The third-order valence-electron chi connectivity index (χ3n) is 4.19. The number of anilines is 1. The van der Waals surface area contributed by atoms with Crippen LogP contribution in [0.25, 0.3) is 23.3 Å². The average molecular weight is 361 g/mol. The van der Waals surface area contributed by atoms with Gasteiger partial charge >= 0.3 is 0 Å². The summed E-state index contributed by atoms with van der Waals surface area (Å²) >= 11 is 0. The number of aliphatic hydroxyl groups is 1. The van der Waals surface area contributed by atoms with E-state index in [1.54, 1.807) is 0 Å². The topological polar surface area (TPSA) is 79.5 Å². The van der Waals surface area contributed by atoms with Crippen LogP contribution in [0.15, 0.2) is 4.42 Å². The van der Waals surface area contributed by atoms with Crippen LogP contribution in [-0.4, -0.2) is 42.1 Å². The van der Waals surface area contributed by atoms with Crippen LogP contribution in [0.4, 0.5) is 5.82 Å². The summed E-state index contributed by atoms with van der Waals surface area (Å²) in [6.07, 6.45) is 9.90. The van der Waals surface area contributed by atoms with Crippen molar-refractivity contribution in [2.45, 2.75) is 52.9 Å². The quantitative estimate of drug-likeness (QED) is 0.883. The van der Waals surface area contributed by atoms with Crippen molar-refractivity contribution >= 4 is 35.9 Å². The second-order valence-corrected chi connectivity index (χ2v) is 5.55. The lowest BCUT2D eigenvalue weighted by atomic mass is 10.1. The van der Waals surface area contributed by atoms with Gasteiger partial charge in [0.2, 0.25) is 0 Å². The van der Waals surface area contributed by atoms with Crippen LogP contribution in [0.5, 0.6) is 0 Å². The predicted octanol–water partition coefficient (Wildman–Crippen LogP) is 2.19. The summed E-state index contributed by atoms with van der Waals surface area (Å²) in [6, 6.07) is 0. The number of fused-ring (bicyclic) bond motifs is 3. The van der Waals surface area contributed by atoms with Gasteiger partial charge < -0.3 is 19.2 Å². The Morgan fingerprint density at radius 1 is 1.12 bits per heavy atom. The van der Waals surface area contributed by atoms with E-state index in [0.29, 0.717) is 0 Å². The minimum absolute atomic E-state index is 0.862. The summed E-state index contributed by atoms with van der Waals surface area (Å²) in [5.41, 5.74) is 2.86. The number of nitrogens with zero attached hydrogens (tertiary/aromatic N) is 3. The third-order valence-corrected chi connectivity index (χ3v) is 4.19. The molecule has 0 radical (unpaired) electrons. The van der Waals surface area contributed by atoms with Gasteiger partial charge in [-0.15, -0.1) is 0 Å². The number of aryl methyl sites for hydroxylation is 1. The molecule has 0 bridgehead atoms. The van der Waals surface area contributed by atoms with E-state index in [-0.39, 0.29) is 0 Å². The van der Waals surface area contributed by atoms with Gasteiger partial charge in [-0.25, -0.2) is 9.97 Å². The molecule has 0 atom stereocenters. The molecule has 3 heterocycles. The maximum Gasteiger partial charge on any atom is 0.196 e. The maximum absolute atomic E-state index is 8.00. The maximum atomic E-state index is 8.00. The molecule has 1 N–H and O–H groups in total. The van der Waals surface area contributed by atoms with Crippen LogP contribution < -0.4 is 15.5 Å². The average Bonchev–Trinajstić information content (AvgIpc) is 3.40. The molecule has 1 saturated heterocycles. The van der Waals surface area contributed by atoms with E-state index in [4.69, 9.17) is 24.3 Å². The van der Waals surface area contributed by atoms with E-state index in [1.165, 1.54) is 18.1 Å². The molecule has 0 saturated carbocycles. The zero-order chi connectivity index (χ0) is 19.5. The van der Waals surface area contributed by atoms with E-state index in [1.807, 2.05) is 20.6 Å². The number of aromatic nitrogens is 2. The standard InChI is InChI=1S/C16H19N3O.C2H6.CH4O.CH2O/c1-2-13-17-14-11-7-3-4-8-12(11)20-15(14)16(18-13)19-9-5-6-10-19;3*1-2/h7-8H,2-6,9-10H2,1H3;1-2H3;2H,1H3;1H2. The van der Waals surface area contributed by atoms with Gasteiger partial charge in [0, 0.05) is 31.8 Å². The van der Waals surface area contributed by atoms with Gasteiger partial charge in [0.05, 0.1) is 0 Å². The van der Waals surface area contributed by atoms with Crippen LogP contribution in [0.2, 0.25) is 0 Å². The van der Waals surface area contributed by atoms with Crippen molar-refractivity contribution < 1.29 is 14.3 Å². The normalized spacial score (nSPS) is 14.4. The molecule has 26 heavy (non-hydrogen) atoms. The first-order chi connectivity index (χ1) is 12.9. The van der Waals surface area contributed by atoms with Crippen molar-refractivity contribution in [3.05, 3.63) is 16.5 Å². The Morgan fingerprint density at radius 2 is 1.73 bits per heavy atom. The third kappa shape index (κ3) is 4.49. The van der Waals surface area contributed by atoms with Gasteiger partial charge in [0.1, 0.15) is 23.5 Å². The first-order valence-electron chi connectivity index (χ1n) is 9.35. The molecular weight excluding hydrogens is 330 g/mol. The Balaban J connectivity index is 0.000000515. The zero-order valence-corrected chi connectivity index (χ0v) is 16.4. The van der Waals surface area contributed by atoms with Gasteiger partial charge in [-0.3, -0.25) is 0 Å². The number of furan rings is 1. The minimum Gasteiger partial charge on any atom is -0.451 e. The SMILES string of the molecule is C=O.CC.CCc1nc(N2CCCC2)c2oc3c(c2n1)=CCCC=3.CO. The first-order valence-corrected chi connectivity index (χ1v) is 9.35. The van der Waals surface area contributed by atoms with Crippen LogP contribution >= 0.6 is 0 Å². The number of carbonyl (C=O) groups excluding carboxylic acids is 1. The molecule has 6 heteroatoms. The van der Waals surface area contributed by atoms with E-state index in [0.717, 1.165) is 67.6 Å². The Kier molecular flexibility index (Phi) is 9.58. The van der Waals surface area contributed by atoms with Crippen LogP contribution in [0.3, 0.4) is 0 Å². The van der Waals surface area contributed by atoms with Crippen molar-refractivity contribution in [3.63, 3.8) is 0 Å². The molecule has 0 spiro atoms. The Labute approximate surface area is 155 Å². The van der Waals surface area contributed by atoms with Crippen molar-refractivity contribution in [2.75, 3.05) is 25.1 Å². The fraction of sp³-hybridized carbons (Fsp3) is 0.550. The van der Waals surface area contributed by atoms with E-state index < -0.39 is 0 Å². The monoisotopic (exact) mass is 361 g/mol. The van der Waals surface area contributed by atoms with Crippen molar-refractivity contribution in [3.8, 4) is 0 Å². The molecule has 1 aliphatic heterocycles. The predicted molar refractivity (Wildman–Crippen MR) is 107 cm³/mol. The van der Waals surface area contributed by atoms with Crippen molar-refractivity contribution in [1.82, 2.24) is 9.97 Å². The Hall–Kier alpha value is -2.21. The summed E-state index contributed by atoms with van der Waals surface area (Å²) in [5.74, 6) is 1.92. The number of hydrogen-bond acceptors (Lipinski definition) is 6. The lowest BCUT2D eigenvalue weighted by molar-refractivity contribution is -0.0979. The molecular formula is C20H31N3O3. The Bertz CT molecular complexity index is 793. The molecule has 0 unspecified atom stereocenters. The molecule has 0 amide bonds. The fourth-order valence-electron chi connectivity index (χ4n) is 3.13. The fourth-order valence-corrected chi connectivity index (χ4v) is 3.13. The smallest absolute Gasteiger partial charge is 0.196 e. The minimum atomic E-state index is 0.862. The van der Waals surface area contributed by atoms with Crippen LogP contribution in [0, 0.1) is 0 Å². The molecule has 4 rings (SSSR count). The van der Waals surface area contributed by atoms with Gasteiger partial charge in [0.15, 0.2) is 11.4 Å². The second kappa shape index (κ2) is 11.4. The number of carbonyl (C=O) groups is 1. The van der Waals surface area contributed by atoms with Gasteiger partial charge in [0.25, 0.3) is 0 Å². The number of hydrogen-bond donors (Lipinski definition) is 1. The number of aliphatic hydroxyl groups excluding tert-OH is 1. The highest BCUT2D eigenvalue weighted by molar-refractivity contribution is 5.85. The van der Waals surface area contributed by atoms with Gasteiger partial charge in [-0.05, 0) is 31.8 Å². The van der Waals surface area contributed by atoms with Crippen molar-refractivity contribution in [1.29, 1.82) is 0 Å². The molecule has 144 valence electrons. The zero-order valence-electron chi connectivity index (χ0n) is 16.4. The molecule has 1 fully saturated rings. The van der Waals surface area contributed by atoms with E-state index >= 15 is 0 Å². The van der Waals surface area contributed by atoms with Crippen molar-refractivity contribution in [2.24, 2.45) is 0 Å². The highest BCUT2D eigenvalue weighted by Crippen LogP contribution is 2.25. The molecule has 1 aliphatic carbocycles. The summed E-state index contributed by atoms with van der Waals surface area (Å²) in [6.45, 7) is 10.3. The number of rotatable bonds is 2. The second-order valence-electron chi connectivity index (χ2n) is 5.55. The van der Waals surface area contributed by atoms with Gasteiger partial charge in [-0.2, -0.15) is 0 Å². The lowest BCUT2D eigenvalue weighted by Crippen LogP contribution is -2.23. The summed E-state index contributed by atoms with van der Waals surface area (Å²) < 4.78 is 6.08. The van der Waals surface area contributed by atoms with Crippen LogP contribution in [0.1, 0.15) is 52.3 Å². The molecule has 2 aromatic rings.